The summed E-state index contributed by atoms with van der Waals surface area (Å²) in [7, 11) is 0. The molecule has 0 fully saturated rings. The number of phenols is 1. The van der Waals surface area contributed by atoms with E-state index in [0.717, 1.165) is 4.90 Å². The molecule has 0 radical (unpaired) electrons. The minimum absolute atomic E-state index is 0.0190. The largest absolute Gasteiger partial charge is 0.508 e. The number of benzene rings is 2. The van der Waals surface area contributed by atoms with Crippen molar-refractivity contribution in [1.82, 2.24) is 30.7 Å². The lowest BCUT2D eigenvalue weighted by Gasteiger charge is -2.06. The van der Waals surface area contributed by atoms with Gasteiger partial charge in [0.25, 0.3) is 5.91 Å². The van der Waals surface area contributed by atoms with Crippen LogP contribution in [0.15, 0.2) is 69.2 Å². The average molecular weight is 450 g/mol. The van der Waals surface area contributed by atoms with Gasteiger partial charge in [-0.2, -0.15) is 9.78 Å². The third kappa shape index (κ3) is 4.59. The Bertz CT molecular complexity index is 1270. The van der Waals surface area contributed by atoms with E-state index in [2.05, 4.69) is 35.8 Å². The van der Waals surface area contributed by atoms with Crippen molar-refractivity contribution in [2.24, 2.45) is 5.10 Å². The fourth-order valence-corrected chi connectivity index (χ4v) is 3.68. The molecule has 11 nitrogen and oxygen atoms in total. The molecule has 2 heterocycles. The Hall–Kier alpha value is -4.19. The molecule has 4 N–H and O–H groups in total. The molecule has 0 atom stereocenters. The van der Waals surface area contributed by atoms with Crippen LogP contribution >= 0.6 is 11.8 Å². The molecule has 1 amide bonds. The van der Waals surface area contributed by atoms with Gasteiger partial charge in [0.05, 0.1) is 11.4 Å². The number of anilines is 1. The maximum Gasteiger partial charge on any atom is 0.293 e. The minimum Gasteiger partial charge on any atom is -0.508 e. The molecule has 162 valence electrons. The fraction of sp³-hybridized carbons (Fsp3) is 0.100. The van der Waals surface area contributed by atoms with E-state index >= 15 is 0 Å². The van der Waals surface area contributed by atoms with Crippen LogP contribution in [0.25, 0.3) is 5.82 Å². The monoisotopic (exact) mass is 450 g/mol. The third-order valence-electron chi connectivity index (χ3n) is 4.38. The quantitative estimate of drug-likeness (QED) is 0.218. The molecule has 12 heteroatoms. The number of hydrazone groups is 1. The van der Waals surface area contributed by atoms with E-state index in [9.17, 15) is 9.90 Å². The van der Waals surface area contributed by atoms with Crippen LogP contribution in [0, 0.1) is 0 Å². The van der Waals surface area contributed by atoms with Gasteiger partial charge in [0, 0.05) is 16.2 Å². The molecule has 32 heavy (non-hydrogen) atoms. The van der Waals surface area contributed by atoms with Crippen LogP contribution in [0.3, 0.4) is 0 Å². The summed E-state index contributed by atoms with van der Waals surface area (Å²) < 4.78 is 5.98. The summed E-state index contributed by atoms with van der Waals surface area (Å²) in [5.41, 5.74) is 9.96. The Balaban J connectivity index is 1.61. The number of nitrogens with two attached hydrogens (primary N) is 1. The molecule has 4 aromatic rings. The average Bonchev–Trinajstić information content (AvgIpc) is 3.42. The number of nitrogens with one attached hydrogen (secondary N) is 1. The number of aromatic hydroxyl groups is 1. The standard InChI is InChI=1S/C20H18N8O3S/c1-12(13-6-5-7-14(29)10-13)22-24-20(30)17-16(11-32-15-8-3-2-4-9-15)28(27-23-17)19-18(21)25-31-26-19/h2-10,29H,11H2,1H3,(H2,21,25)(H,24,30). The van der Waals surface area contributed by atoms with Crippen molar-refractivity contribution in [3.8, 4) is 11.6 Å². The van der Waals surface area contributed by atoms with E-state index in [4.69, 9.17) is 5.73 Å². The maximum absolute atomic E-state index is 12.9. The van der Waals surface area contributed by atoms with Crippen LogP contribution in [0.1, 0.15) is 28.7 Å². The third-order valence-corrected chi connectivity index (χ3v) is 5.41. The number of amides is 1. The van der Waals surface area contributed by atoms with E-state index in [1.165, 1.54) is 16.4 Å². The molecule has 2 aromatic heterocycles. The molecule has 0 aliphatic heterocycles. The number of nitrogens with zero attached hydrogens (tertiary/aromatic N) is 6. The van der Waals surface area contributed by atoms with Gasteiger partial charge in [-0.05, 0) is 41.5 Å². The number of nitrogen functional groups attached to an aromatic ring is 1. The number of rotatable bonds is 7. The lowest BCUT2D eigenvalue weighted by Crippen LogP contribution is -2.21. The first-order chi connectivity index (χ1) is 15.5. The van der Waals surface area contributed by atoms with Crippen LogP contribution in [-0.4, -0.2) is 42.0 Å². The van der Waals surface area contributed by atoms with Gasteiger partial charge in [0.2, 0.25) is 11.6 Å². The predicted octanol–water partition coefficient (Wildman–Crippen LogP) is 2.38. The molecule has 0 bridgehead atoms. The van der Waals surface area contributed by atoms with Crippen LogP contribution < -0.4 is 11.2 Å². The van der Waals surface area contributed by atoms with Gasteiger partial charge in [0.1, 0.15) is 5.75 Å². The van der Waals surface area contributed by atoms with Crippen molar-refractivity contribution in [3.63, 3.8) is 0 Å². The zero-order chi connectivity index (χ0) is 22.5. The second kappa shape index (κ2) is 9.31. The first kappa shape index (κ1) is 21.1. The smallest absolute Gasteiger partial charge is 0.293 e. The Morgan fingerprint density at radius 3 is 2.75 bits per heavy atom. The van der Waals surface area contributed by atoms with Crippen molar-refractivity contribution >= 4 is 29.2 Å². The number of thioether (sulfide) groups is 1. The lowest BCUT2D eigenvalue weighted by atomic mass is 10.1. The SMILES string of the molecule is CC(=NNC(=O)c1nnn(-c2nonc2N)c1CSc1ccccc1)c1cccc(O)c1. The highest BCUT2D eigenvalue weighted by atomic mass is 32.2. The molecule has 0 aliphatic carbocycles. The predicted molar refractivity (Wildman–Crippen MR) is 117 cm³/mol. The van der Waals surface area contributed by atoms with E-state index in [-0.39, 0.29) is 23.1 Å². The van der Waals surface area contributed by atoms with E-state index in [1.807, 2.05) is 30.3 Å². The molecule has 0 saturated carbocycles. The van der Waals surface area contributed by atoms with Crippen LogP contribution in [-0.2, 0) is 5.75 Å². The highest BCUT2D eigenvalue weighted by molar-refractivity contribution is 7.98. The molecule has 0 saturated heterocycles. The zero-order valence-corrected chi connectivity index (χ0v) is 17.7. The summed E-state index contributed by atoms with van der Waals surface area (Å²) in [5, 5.41) is 29.1. The lowest BCUT2D eigenvalue weighted by molar-refractivity contribution is 0.0949. The second-order valence-electron chi connectivity index (χ2n) is 6.56. The van der Waals surface area contributed by atoms with Crippen LogP contribution in [0.4, 0.5) is 5.82 Å². The molecule has 0 spiro atoms. The number of aromatic nitrogens is 5. The summed E-state index contributed by atoms with van der Waals surface area (Å²) >= 11 is 1.49. The highest BCUT2D eigenvalue weighted by Gasteiger charge is 2.24. The maximum atomic E-state index is 12.9. The van der Waals surface area contributed by atoms with Gasteiger partial charge < -0.3 is 10.8 Å². The van der Waals surface area contributed by atoms with Gasteiger partial charge in [0.15, 0.2) is 5.69 Å². The minimum atomic E-state index is -0.561. The first-order valence-electron chi connectivity index (χ1n) is 9.38. The van der Waals surface area contributed by atoms with E-state index < -0.39 is 5.91 Å². The highest BCUT2D eigenvalue weighted by Crippen LogP contribution is 2.25. The number of hydrogen-bond acceptors (Lipinski definition) is 10. The van der Waals surface area contributed by atoms with Crippen molar-refractivity contribution in [2.75, 3.05) is 5.73 Å². The fourth-order valence-electron chi connectivity index (χ4n) is 2.77. The molecular formula is C20H18N8O3S. The van der Waals surface area contributed by atoms with Crippen LogP contribution in [0.2, 0.25) is 0 Å². The Morgan fingerprint density at radius 2 is 2.03 bits per heavy atom. The Kier molecular flexibility index (Phi) is 6.12. The van der Waals surface area contributed by atoms with Gasteiger partial charge >= 0.3 is 0 Å². The number of phenolic OH excluding ortho intramolecular Hbond substituents is 1. The molecule has 4 rings (SSSR count). The van der Waals surface area contributed by atoms with E-state index in [1.54, 1.807) is 31.2 Å². The Morgan fingerprint density at radius 1 is 1.22 bits per heavy atom. The van der Waals surface area contributed by atoms with Gasteiger partial charge in [-0.1, -0.05) is 35.5 Å². The van der Waals surface area contributed by atoms with Gasteiger partial charge in [-0.3, -0.25) is 4.79 Å². The normalized spacial score (nSPS) is 11.5. The summed E-state index contributed by atoms with van der Waals surface area (Å²) in [6, 6.07) is 16.2. The zero-order valence-electron chi connectivity index (χ0n) is 16.8. The van der Waals surface area contributed by atoms with Gasteiger partial charge in [-0.25, -0.2) is 10.1 Å². The summed E-state index contributed by atoms with van der Waals surface area (Å²) in [5.74, 6) is 0.0476. The summed E-state index contributed by atoms with van der Waals surface area (Å²) in [6.07, 6.45) is 0. The molecule has 2 aromatic carbocycles. The number of carbonyl (C=O) groups is 1. The van der Waals surface area contributed by atoms with Gasteiger partial charge in [-0.15, -0.1) is 16.9 Å². The number of carbonyl (C=O) groups excluding carboxylic acids is 1. The topological polar surface area (TPSA) is 157 Å². The number of hydrogen-bond donors (Lipinski definition) is 3. The molecule has 0 unspecified atom stereocenters. The molecular weight excluding hydrogens is 432 g/mol. The Labute approximate surface area is 186 Å². The summed E-state index contributed by atoms with van der Waals surface area (Å²) in [6.45, 7) is 1.71. The van der Waals surface area contributed by atoms with Crippen LogP contribution in [0.5, 0.6) is 5.75 Å². The van der Waals surface area contributed by atoms with E-state index in [0.29, 0.717) is 22.7 Å². The van der Waals surface area contributed by atoms with Crippen molar-refractivity contribution in [2.45, 2.75) is 17.6 Å². The second-order valence-corrected chi connectivity index (χ2v) is 7.61. The molecule has 0 aliphatic rings. The van der Waals surface area contributed by atoms with Crippen molar-refractivity contribution < 1.29 is 14.5 Å². The van der Waals surface area contributed by atoms with Crippen molar-refractivity contribution in [1.29, 1.82) is 0 Å². The first-order valence-corrected chi connectivity index (χ1v) is 10.4. The van der Waals surface area contributed by atoms with Crippen molar-refractivity contribution in [3.05, 3.63) is 71.5 Å². The summed E-state index contributed by atoms with van der Waals surface area (Å²) in [4.78, 5) is 13.9.